The number of fused-ring (bicyclic) bond motifs is 2. The Morgan fingerprint density at radius 2 is 2.04 bits per heavy atom. The number of aromatic nitrogens is 1. The highest BCUT2D eigenvalue weighted by Crippen LogP contribution is 2.33. The van der Waals surface area contributed by atoms with Crippen molar-refractivity contribution < 1.29 is 14.7 Å². The van der Waals surface area contributed by atoms with Crippen molar-refractivity contribution in [3.63, 3.8) is 0 Å². The Balaban J connectivity index is 1.82. The van der Waals surface area contributed by atoms with Crippen molar-refractivity contribution in [1.29, 1.82) is 0 Å². The van der Waals surface area contributed by atoms with Crippen molar-refractivity contribution in [2.45, 2.75) is 38.6 Å². The van der Waals surface area contributed by atoms with E-state index in [1.807, 2.05) is 31.2 Å². The summed E-state index contributed by atoms with van der Waals surface area (Å²) >= 11 is 0. The normalized spacial score (nSPS) is 22.8. The molecule has 2 atom stereocenters. The maximum atomic E-state index is 13.3. The standard InChI is InChI=1S/C19H20N2O3/c1-11-12(19(23)24)9-10-21(11)18(22)17-13-5-2-3-7-15(13)20-16-8-4-6-14(16)17/h2-3,5,7,11-12H,4,6,8-10H2,1H3,(H,23,24). The molecular formula is C19H20N2O3. The molecule has 0 saturated carbocycles. The quantitative estimate of drug-likeness (QED) is 0.922. The number of carbonyl (C=O) groups is 2. The van der Waals surface area contributed by atoms with Crippen LogP contribution in [0.3, 0.4) is 0 Å². The van der Waals surface area contributed by atoms with E-state index in [0.29, 0.717) is 13.0 Å². The van der Waals surface area contributed by atoms with Crippen LogP contribution in [0, 0.1) is 5.92 Å². The summed E-state index contributed by atoms with van der Waals surface area (Å²) in [7, 11) is 0. The lowest BCUT2D eigenvalue weighted by molar-refractivity contribution is -0.142. The number of nitrogens with zero attached hydrogens (tertiary/aromatic N) is 2. The van der Waals surface area contributed by atoms with Crippen molar-refractivity contribution >= 4 is 22.8 Å². The SMILES string of the molecule is CC1C(C(=O)O)CCN1C(=O)c1c2c(nc3ccccc13)CCC2. The second-order valence-electron chi connectivity index (χ2n) is 6.76. The van der Waals surface area contributed by atoms with Crippen LogP contribution in [-0.4, -0.2) is 39.5 Å². The molecule has 2 unspecified atom stereocenters. The third-order valence-electron chi connectivity index (χ3n) is 5.47. The van der Waals surface area contributed by atoms with E-state index >= 15 is 0 Å². The lowest BCUT2D eigenvalue weighted by Crippen LogP contribution is -2.38. The van der Waals surface area contributed by atoms with Crippen LogP contribution in [0.5, 0.6) is 0 Å². The minimum atomic E-state index is -0.817. The first-order chi connectivity index (χ1) is 11.6. The number of carboxylic acid groups (broad SMARTS) is 1. The first-order valence-corrected chi connectivity index (χ1v) is 8.52. The highest BCUT2D eigenvalue weighted by Gasteiger charge is 2.39. The van der Waals surface area contributed by atoms with Crippen molar-refractivity contribution in [1.82, 2.24) is 9.88 Å². The van der Waals surface area contributed by atoms with Gasteiger partial charge in [0.15, 0.2) is 0 Å². The summed E-state index contributed by atoms with van der Waals surface area (Å²) < 4.78 is 0. The van der Waals surface area contributed by atoms with Gasteiger partial charge in [-0.25, -0.2) is 0 Å². The molecule has 24 heavy (non-hydrogen) atoms. The number of rotatable bonds is 2. The number of hydrogen-bond donors (Lipinski definition) is 1. The van der Waals surface area contributed by atoms with Gasteiger partial charge < -0.3 is 10.0 Å². The van der Waals surface area contributed by atoms with E-state index in [1.54, 1.807) is 4.90 Å². The zero-order chi connectivity index (χ0) is 16.8. The Bertz CT molecular complexity index is 846. The molecule has 1 aliphatic heterocycles. The van der Waals surface area contributed by atoms with E-state index in [4.69, 9.17) is 4.98 Å². The summed E-state index contributed by atoms with van der Waals surface area (Å²) in [5.41, 5.74) is 3.68. The van der Waals surface area contributed by atoms with E-state index in [1.165, 1.54) is 0 Å². The van der Waals surface area contributed by atoms with Gasteiger partial charge in [0.05, 0.1) is 17.0 Å². The van der Waals surface area contributed by atoms with Crippen LogP contribution in [0.4, 0.5) is 0 Å². The van der Waals surface area contributed by atoms with Crippen LogP contribution in [0.15, 0.2) is 24.3 Å². The largest absolute Gasteiger partial charge is 0.481 e. The van der Waals surface area contributed by atoms with Gasteiger partial charge in [-0.3, -0.25) is 14.6 Å². The Morgan fingerprint density at radius 1 is 1.25 bits per heavy atom. The molecule has 0 spiro atoms. The van der Waals surface area contributed by atoms with Gasteiger partial charge in [-0.2, -0.15) is 0 Å². The molecule has 5 nitrogen and oxygen atoms in total. The second-order valence-corrected chi connectivity index (χ2v) is 6.76. The van der Waals surface area contributed by atoms with Crippen LogP contribution in [-0.2, 0) is 17.6 Å². The van der Waals surface area contributed by atoms with Gasteiger partial charge in [0.25, 0.3) is 5.91 Å². The number of aryl methyl sites for hydroxylation is 1. The summed E-state index contributed by atoms with van der Waals surface area (Å²) in [5.74, 6) is -1.33. The Hall–Kier alpha value is -2.43. The average Bonchev–Trinajstić information content (AvgIpc) is 3.18. The number of hydrogen-bond acceptors (Lipinski definition) is 3. The fourth-order valence-corrected chi connectivity index (χ4v) is 4.16. The average molecular weight is 324 g/mol. The molecule has 1 aromatic heterocycles. The van der Waals surface area contributed by atoms with Gasteiger partial charge in [0.2, 0.25) is 0 Å². The number of benzene rings is 1. The molecule has 0 radical (unpaired) electrons. The highest BCUT2D eigenvalue weighted by atomic mass is 16.4. The molecule has 2 aliphatic rings. The molecule has 1 aliphatic carbocycles. The Morgan fingerprint density at radius 3 is 2.79 bits per heavy atom. The molecule has 5 heteroatoms. The molecule has 2 heterocycles. The summed E-state index contributed by atoms with van der Waals surface area (Å²) in [5, 5.41) is 10.2. The molecule has 2 aromatic rings. The molecule has 1 N–H and O–H groups in total. The Labute approximate surface area is 140 Å². The predicted molar refractivity (Wildman–Crippen MR) is 90.0 cm³/mol. The number of likely N-dealkylation sites (tertiary alicyclic amines) is 1. The molecule has 4 rings (SSSR count). The fourth-order valence-electron chi connectivity index (χ4n) is 4.16. The van der Waals surface area contributed by atoms with Gasteiger partial charge in [0, 0.05) is 23.7 Å². The number of aliphatic carboxylic acids is 1. The molecule has 1 fully saturated rings. The zero-order valence-corrected chi connectivity index (χ0v) is 13.7. The summed E-state index contributed by atoms with van der Waals surface area (Å²) in [4.78, 5) is 31.1. The topological polar surface area (TPSA) is 70.5 Å². The molecule has 1 aromatic carbocycles. The van der Waals surface area contributed by atoms with E-state index in [9.17, 15) is 14.7 Å². The van der Waals surface area contributed by atoms with Gasteiger partial charge in [-0.1, -0.05) is 18.2 Å². The van der Waals surface area contributed by atoms with Crippen LogP contribution < -0.4 is 0 Å². The number of carbonyl (C=O) groups excluding carboxylic acids is 1. The lowest BCUT2D eigenvalue weighted by atomic mass is 9.98. The van der Waals surface area contributed by atoms with Gasteiger partial charge >= 0.3 is 5.97 Å². The molecule has 124 valence electrons. The van der Waals surface area contributed by atoms with E-state index in [-0.39, 0.29) is 11.9 Å². The molecule has 1 amide bonds. The van der Waals surface area contributed by atoms with Crippen LogP contribution in [0.25, 0.3) is 10.9 Å². The summed E-state index contributed by atoms with van der Waals surface area (Å²) in [6, 6.07) is 7.47. The van der Waals surface area contributed by atoms with E-state index < -0.39 is 11.9 Å². The Kier molecular flexibility index (Phi) is 3.52. The third-order valence-corrected chi connectivity index (χ3v) is 5.47. The second kappa shape index (κ2) is 5.58. The smallest absolute Gasteiger partial charge is 0.308 e. The lowest BCUT2D eigenvalue weighted by Gasteiger charge is -2.25. The number of para-hydroxylation sites is 1. The van der Waals surface area contributed by atoms with Gasteiger partial charge in [-0.05, 0) is 44.2 Å². The minimum absolute atomic E-state index is 0.0389. The summed E-state index contributed by atoms with van der Waals surface area (Å²) in [6.45, 7) is 2.34. The van der Waals surface area contributed by atoms with Crippen molar-refractivity contribution in [2.24, 2.45) is 5.92 Å². The fraction of sp³-hybridized carbons (Fsp3) is 0.421. The number of carboxylic acids is 1. The van der Waals surface area contributed by atoms with Crippen LogP contribution in [0.1, 0.15) is 41.4 Å². The van der Waals surface area contributed by atoms with Crippen LogP contribution >= 0.6 is 0 Å². The van der Waals surface area contributed by atoms with E-state index in [0.717, 1.165) is 47.0 Å². The van der Waals surface area contributed by atoms with Gasteiger partial charge in [0.1, 0.15) is 0 Å². The zero-order valence-electron chi connectivity index (χ0n) is 13.7. The maximum Gasteiger partial charge on any atom is 0.308 e. The maximum absolute atomic E-state index is 13.3. The number of pyridine rings is 1. The van der Waals surface area contributed by atoms with Crippen molar-refractivity contribution in [3.8, 4) is 0 Å². The summed E-state index contributed by atoms with van der Waals surface area (Å²) in [6.07, 6.45) is 3.33. The molecule has 1 saturated heterocycles. The first kappa shape index (κ1) is 15.1. The van der Waals surface area contributed by atoms with Crippen molar-refractivity contribution in [2.75, 3.05) is 6.54 Å². The number of amides is 1. The minimum Gasteiger partial charge on any atom is -0.481 e. The third kappa shape index (κ3) is 2.19. The predicted octanol–water partition coefficient (Wildman–Crippen LogP) is 2.66. The monoisotopic (exact) mass is 324 g/mol. The van der Waals surface area contributed by atoms with Crippen LogP contribution in [0.2, 0.25) is 0 Å². The first-order valence-electron chi connectivity index (χ1n) is 8.52. The highest BCUT2D eigenvalue weighted by molar-refractivity contribution is 6.08. The molecule has 0 bridgehead atoms. The van der Waals surface area contributed by atoms with E-state index in [2.05, 4.69) is 0 Å². The molecular weight excluding hydrogens is 304 g/mol. The van der Waals surface area contributed by atoms with Crippen molar-refractivity contribution in [3.05, 3.63) is 41.1 Å². The van der Waals surface area contributed by atoms with Gasteiger partial charge in [-0.15, -0.1) is 0 Å².